The van der Waals surface area contributed by atoms with E-state index in [4.69, 9.17) is 32.7 Å². The highest BCUT2D eigenvalue weighted by molar-refractivity contribution is 6.35. The van der Waals surface area contributed by atoms with Crippen LogP contribution in [0.4, 0.5) is 18.9 Å². The van der Waals surface area contributed by atoms with E-state index >= 15 is 0 Å². The molecule has 1 aromatic heterocycles. The van der Waals surface area contributed by atoms with E-state index in [1.165, 1.54) is 36.4 Å². The molecule has 3 N–H and O–H groups in total. The Morgan fingerprint density at radius 3 is 2.35 bits per heavy atom. The molecule has 2 heterocycles. The van der Waals surface area contributed by atoms with Gasteiger partial charge in [-0.15, -0.1) is 5.10 Å². The number of benzene rings is 2. The number of methoxy groups -OCH3 is 1. The summed E-state index contributed by atoms with van der Waals surface area (Å²) in [6.45, 7) is -0.692. The summed E-state index contributed by atoms with van der Waals surface area (Å²) in [5.41, 5.74) is 0.119. The fraction of sp³-hybridized carbons (Fsp3) is 0.464. The van der Waals surface area contributed by atoms with E-state index in [9.17, 15) is 33.3 Å². The van der Waals surface area contributed by atoms with Crippen molar-refractivity contribution in [3.05, 3.63) is 64.0 Å². The van der Waals surface area contributed by atoms with Crippen LogP contribution in [0.25, 0.3) is 11.3 Å². The Hall–Kier alpha value is -2.78. The van der Waals surface area contributed by atoms with Crippen LogP contribution in [0, 0.1) is 17.5 Å². The maximum Gasteiger partial charge on any atom is 0.259 e. The number of aliphatic hydroxyl groups is 3. The number of amides is 1. The maximum absolute atomic E-state index is 14.4. The zero-order chi connectivity index (χ0) is 31.0. The molecule has 43 heavy (non-hydrogen) atoms. The summed E-state index contributed by atoms with van der Waals surface area (Å²) in [6, 6.07) is 4.17. The van der Waals surface area contributed by atoms with Gasteiger partial charge in [-0.05, 0) is 43.2 Å². The van der Waals surface area contributed by atoms with Crippen LogP contribution < -0.4 is 4.90 Å². The largest absolute Gasteiger partial charge is 0.394 e. The van der Waals surface area contributed by atoms with Crippen molar-refractivity contribution in [1.29, 1.82) is 0 Å². The Kier molecular flexibility index (Phi) is 9.61. The van der Waals surface area contributed by atoms with Gasteiger partial charge in [0.25, 0.3) is 5.91 Å². The second kappa shape index (κ2) is 13.1. The average molecular weight is 645 g/mol. The third-order valence-electron chi connectivity index (χ3n) is 7.87. The Morgan fingerprint density at radius 2 is 1.74 bits per heavy atom. The van der Waals surface area contributed by atoms with Crippen LogP contribution in [0.5, 0.6) is 0 Å². The van der Waals surface area contributed by atoms with Gasteiger partial charge in [0.1, 0.15) is 30.0 Å². The van der Waals surface area contributed by atoms with Crippen LogP contribution in [-0.2, 0) is 14.3 Å². The Morgan fingerprint density at radius 1 is 1.09 bits per heavy atom. The summed E-state index contributed by atoms with van der Waals surface area (Å²) >= 11 is 12.5. The maximum atomic E-state index is 14.4. The molecule has 0 unspecified atom stereocenters. The lowest BCUT2D eigenvalue weighted by atomic mass is 9.88. The van der Waals surface area contributed by atoms with Gasteiger partial charge in [0.15, 0.2) is 23.6 Å². The second-order valence-electron chi connectivity index (χ2n) is 10.6. The number of hydrogen-bond acceptors (Lipinski definition) is 8. The van der Waals surface area contributed by atoms with Crippen LogP contribution in [0.2, 0.25) is 10.0 Å². The minimum absolute atomic E-state index is 0.0599. The molecule has 1 aliphatic carbocycles. The first-order valence-corrected chi connectivity index (χ1v) is 14.3. The van der Waals surface area contributed by atoms with Gasteiger partial charge in [-0.3, -0.25) is 4.79 Å². The molecule has 1 aliphatic heterocycles. The van der Waals surface area contributed by atoms with E-state index in [1.54, 1.807) is 0 Å². The standard InChI is InChI=1S/C28H29Cl2F3N4O6/c1-42-26-24(36-11-19(34-35-36)13-6-17(31)23(33)18(32)7-13)25(40)22(12-38)43-27(26)28(41)37(20-4-2-3-5-21(20)39)16-9-14(29)8-15(30)10-16/h6-11,20-22,24-27,38-40H,2-5,12H2,1H3/t20-,21-,22-,24+,25+,26-,27-/m1/s1. The minimum atomic E-state index is -1.64. The highest BCUT2D eigenvalue weighted by Gasteiger charge is 2.52. The third kappa shape index (κ3) is 6.25. The molecule has 15 heteroatoms. The fourth-order valence-electron chi connectivity index (χ4n) is 5.81. The van der Waals surface area contributed by atoms with Crippen LogP contribution in [0.15, 0.2) is 36.5 Å². The summed E-state index contributed by atoms with van der Waals surface area (Å²) in [7, 11) is 1.28. The zero-order valence-corrected chi connectivity index (χ0v) is 24.3. The lowest BCUT2D eigenvalue weighted by Gasteiger charge is -2.46. The molecule has 7 atom stereocenters. The molecule has 2 aliphatic rings. The molecule has 2 fully saturated rings. The van der Waals surface area contributed by atoms with E-state index in [0.29, 0.717) is 18.5 Å². The first kappa shape index (κ1) is 31.6. The van der Waals surface area contributed by atoms with E-state index in [2.05, 4.69) is 10.3 Å². The topological polar surface area (TPSA) is 130 Å². The molecule has 232 valence electrons. The predicted molar refractivity (Wildman–Crippen MR) is 149 cm³/mol. The number of rotatable bonds is 7. The number of nitrogens with zero attached hydrogens (tertiary/aromatic N) is 4. The van der Waals surface area contributed by atoms with Gasteiger partial charge < -0.3 is 29.7 Å². The van der Waals surface area contributed by atoms with E-state index in [0.717, 1.165) is 29.7 Å². The average Bonchev–Trinajstić information content (AvgIpc) is 3.45. The predicted octanol–water partition coefficient (Wildman–Crippen LogP) is 3.68. The van der Waals surface area contributed by atoms with E-state index in [-0.39, 0.29) is 21.3 Å². The lowest BCUT2D eigenvalue weighted by molar-refractivity contribution is -0.211. The number of anilines is 1. The number of aliphatic hydroxyl groups excluding tert-OH is 3. The quantitative estimate of drug-likeness (QED) is 0.332. The minimum Gasteiger partial charge on any atom is -0.394 e. The van der Waals surface area contributed by atoms with Crippen molar-refractivity contribution in [2.75, 3.05) is 18.6 Å². The molecule has 1 amide bonds. The van der Waals surface area contributed by atoms with Gasteiger partial charge in [0.2, 0.25) is 0 Å². The van der Waals surface area contributed by atoms with Gasteiger partial charge >= 0.3 is 0 Å². The van der Waals surface area contributed by atoms with E-state index in [1.807, 2.05) is 0 Å². The molecular weight excluding hydrogens is 616 g/mol. The van der Waals surface area contributed by atoms with Crippen molar-refractivity contribution in [1.82, 2.24) is 15.0 Å². The number of halogens is 5. The monoisotopic (exact) mass is 644 g/mol. The molecule has 5 rings (SSSR count). The molecule has 1 saturated heterocycles. The molecule has 3 aromatic rings. The molecule has 2 aromatic carbocycles. The molecule has 10 nitrogen and oxygen atoms in total. The summed E-state index contributed by atoms with van der Waals surface area (Å²) in [5, 5.41) is 40.6. The Bertz CT molecular complexity index is 1440. The Balaban J connectivity index is 1.55. The van der Waals surface area contributed by atoms with E-state index < -0.39 is 72.6 Å². The second-order valence-corrected chi connectivity index (χ2v) is 11.4. The van der Waals surface area contributed by atoms with Crippen LogP contribution in [0.1, 0.15) is 31.7 Å². The van der Waals surface area contributed by atoms with Crippen molar-refractivity contribution in [2.45, 2.75) is 68.3 Å². The smallest absolute Gasteiger partial charge is 0.259 e. The fourth-order valence-corrected chi connectivity index (χ4v) is 6.32. The molecule has 0 bridgehead atoms. The normalized spacial score (nSPS) is 27.7. The number of carbonyl (C=O) groups is 1. The molecule has 0 spiro atoms. The van der Waals surface area contributed by atoms with Crippen LogP contribution >= 0.6 is 23.2 Å². The SMILES string of the molecule is CO[C@@H]1[C@@H](n2cc(-c3cc(F)c(F)c(F)c3)nn2)[C@@H](O)[C@@H](CO)O[C@H]1C(=O)N(c1cc(Cl)cc(Cl)c1)[C@@H]1CCCC[C@H]1O. The number of hydrogen-bond donors (Lipinski definition) is 3. The lowest BCUT2D eigenvalue weighted by Crippen LogP contribution is -2.63. The van der Waals surface area contributed by atoms with Crippen molar-refractivity contribution >= 4 is 34.8 Å². The number of carbonyl (C=O) groups excluding carboxylic acids is 1. The van der Waals surface area contributed by atoms with Crippen LogP contribution in [-0.4, -0.2) is 86.5 Å². The summed E-state index contributed by atoms with van der Waals surface area (Å²) in [4.78, 5) is 15.8. The van der Waals surface area contributed by atoms with Crippen molar-refractivity contribution in [2.24, 2.45) is 0 Å². The molecule has 0 radical (unpaired) electrons. The number of aromatic nitrogens is 3. The van der Waals surface area contributed by atoms with Crippen LogP contribution in [0.3, 0.4) is 0 Å². The summed E-state index contributed by atoms with van der Waals surface area (Å²) < 4.78 is 54.1. The van der Waals surface area contributed by atoms with Gasteiger partial charge in [-0.25, -0.2) is 17.9 Å². The molecule has 1 saturated carbocycles. The van der Waals surface area contributed by atoms with Gasteiger partial charge in [0, 0.05) is 28.4 Å². The zero-order valence-electron chi connectivity index (χ0n) is 22.8. The van der Waals surface area contributed by atoms with Crippen molar-refractivity contribution in [3.8, 4) is 11.3 Å². The Labute approximate surface area is 254 Å². The van der Waals surface area contributed by atoms with Crippen molar-refractivity contribution in [3.63, 3.8) is 0 Å². The van der Waals surface area contributed by atoms with Gasteiger partial charge in [-0.2, -0.15) is 0 Å². The number of ether oxygens (including phenoxy) is 2. The van der Waals surface area contributed by atoms with Gasteiger partial charge in [0.05, 0.1) is 24.9 Å². The highest BCUT2D eigenvalue weighted by atomic mass is 35.5. The summed E-state index contributed by atoms with van der Waals surface area (Å²) in [6.07, 6.45) is -2.65. The third-order valence-corrected chi connectivity index (χ3v) is 8.30. The highest BCUT2D eigenvalue weighted by Crippen LogP contribution is 2.37. The first-order chi connectivity index (χ1) is 20.5. The summed E-state index contributed by atoms with van der Waals surface area (Å²) in [5.74, 6) is -5.16. The van der Waals surface area contributed by atoms with Crippen molar-refractivity contribution < 1.29 is 42.8 Å². The molecular formula is C28H29Cl2F3N4O6. The first-order valence-electron chi connectivity index (χ1n) is 13.5. The van der Waals surface area contributed by atoms with Gasteiger partial charge in [-0.1, -0.05) is 41.3 Å².